The van der Waals surface area contributed by atoms with Crippen LogP contribution in [-0.4, -0.2) is 42.7 Å². The number of carboxylic acids is 1. The molecule has 8 heteroatoms. The summed E-state index contributed by atoms with van der Waals surface area (Å²) in [4.78, 5) is 30.3. The number of fused-ring (bicyclic) bond motifs is 1. The van der Waals surface area contributed by atoms with Gasteiger partial charge in [-0.2, -0.15) is 9.61 Å². The Bertz CT molecular complexity index is 740. The minimum Gasteiger partial charge on any atom is -0.480 e. The van der Waals surface area contributed by atoms with Gasteiger partial charge in [0.25, 0.3) is 5.56 Å². The van der Waals surface area contributed by atoms with Gasteiger partial charge in [0.1, 0.15) is 11.0 Å². The highest BCUT2D eigenvalue weighted by atomic mass is 32.1. The third-order valence-corrected chi connectivity index (χ3v) is 4.77. The SMILES string of the molecule is CC1(C(=O)O)CCCCN1Cc1cc(=O)n2ncsc2n1. The van der Waals surface area contributed by atoms with Crippen LogP contribution in [0.3, 0.4) is 0 Å². The van der Waals surface area contributed by atoms with Gasteiger partial charge in [-0.3, -0.25) is 14.5 Å². The maximum absolute atomic E-state index is 11.9. The Kier molecular flexibility index (Phi) is 3.50. The lowest BCUT2D eigenvalue weighted by molar-refractivity contribution is -0.153. The number of likely N-dealkylation sites (tertiary alicyclic amines) is 1. The number of hydrogen-bond acceptors (Lipinski definition) is 6. The first-order valence-corrected chi connectivity index (χ1v) is 7.69. The van der Waals surface area contributed by atoms with E-state index in [4.69, 9.17) is 0 Å². The number of aliphatic carboxylic acids is 1. The monoisotopic (exact) mass is 308 g/mol. The van der Waals surface area contributed by atoms with Gasteiger partial charge in [0, 0.05) is 12.6 Å². The van der Waals surface area contributed by atoms with Crippen molar-refractivity contribution in [1.82, 2.24) is 19.5 Å². The quantitative estimate of drug-likeness (QED) is 0.909. The number of nitrogens with zero attached hydrogens (tertiary/aromatic N) is 4. The number of aromatic nitrogens is 3. The topological polar surface area (TPSA) is 87.8 Å². The lowest BCUT2D eigenvalue weighted by atomic mass is 9.88. The lowest BCUT2D eigenvalue weighted by Crippen LogP contribution is -2.54. The third kappa shape index (κ3) is 2.44. The molecule has 0 aromatic carbocycles. The van der Waals surface area contributed by atoms with Gasteiger partial charge in [-0.15, -0.1) is 0 Å². The summed E-state index contributed by atoms with van der Waals surface area (Å²) in [5.74, 6) is -0.821. The molecule has 0 aliphatic carbocycles. The summed E-state index contributed by atoms with van der Waals surface area (Å²) in [6.07, 6.45) is 2.48. The molecule has 112 valence electrons. The van der Waals surface area contributed by atoms with Gasteiger partial charge in [0.15, 0.2) is 0 Å². The first-order chi connectivity index (χ1) is 10.0. The molecule has 2 aromatic heterocycles. The zero-order chi connectivity index (χ0) is 15.0. The predicted molar refractivity (Wildman–Crippen MR) is 77.4 cm³/mol. The summed E-state index contributed by atoms with van der Waals surface area (Å²) in [6, 6.07) is 1.43. The van der Waals surface area contributed by atoms with Gasteiger partial charge in [0.2, 0.25) is 4.96 Å². The van der Waals surface area contributed by atoms with Gasteiger partial charge < -0.3 is 5.11 Å². The standard InChI is InChI=1S/C13H16N4O3S/c1-13(11(19)20)4-2-3-5-16(13)7-9-6-10(18)17-12(15-9)21-8-14-17/h6,8H,2-5,7H2,1H3,(H,19,20). The van der Waals surface area contributed by atoms with E-state index in [1.807, 2.05) is 4.90 Å². The van der Waals surface area contributed by atoms with Crippen molar-refractivity contribution in [3.63, 3.8) is 0 Å². The van der Waals surface area contributed by atoms with Crippen LogP contribution in [0.15, 0.2) is 16.4 Å². The van der Waals surface area contributed by atoms with Crippen LogP contribution in [-0.2, 0) is 11.3 Å². The number of piperidine rings is 1. The molecule has 3 rings (SSSR count). The van der Waals surface area contributed by atoms with Crippen LogP contribution >= 0.6 is 11.3 Å². The Hall–Kier alpha value is -1.80. The second kappa shape index (κ2) is 5.19. The molecular formula is C13H16N4O3S. The fraction of sp³-hybridized carbons (Fsp3) is 0.538. The summed E-state index contributed by atoms with van der Waals surface area (Å²) in [6.45, 7) is 2.81. The van der Waals surface area contributed by atoms with E-state index in [0.29, 0.717) is 30.2 Å². The summed E-state index contributed by atoms with van der Waals surface area (Å²) in [7, 11) is 0. The van der Waals surface area contributed by atoms with Gasteiger partial charge in [-0.05, 0) is 32.7 Å². The van der Waals surface area contributed by atoms with E-state index in [-0.39, 0.29) is 5.56 Å². The van der Waals surface area contributed by atoms with Crippen molar-refractivity contribution in [2.24, 2.45) is 0 Å². The van der Waals surface area contributed by atoms with E-state index >= 15 is 0 Å². The smallest absolute Gasteiger partial charge is 0.323 e. The second-order valence-corrected chi connectivity index (χ2v) is 6.29. The molecule has 1 saturated heterocycles. The van der Waals surface area contributed by atoms with Crippen LogP contribution in [0.5, 0.6) is 0 Å². The Balaban J connectivity index is 1.93. The molecule has 0 saturated carbocycles. The zero-order valence-corrected chi connectivity index (χ0v) is 12.5. The Morgan fingerprint density at radius 3 is 3.10 bits per heavy atom. The zero-order valence-electron chi connectivity index (χ0n) is 11.7. The highest BCUT2D eigenvalue weighted by Gasteiger charge is 2.41. The summed E-state index contributed by atoms with van der Waals surface area (Å²) in [5.41, 5.74) is 1.04. The van der Waals surface area contributed by atoms with Crippen molar-refractivity contribution < 1.29 is 9.90 Å². The molecule has 1 aliphatic heterocycles. The average molecular weight is 308 g/mol. The fourth-order valence-electron chi connectivity index (χ4n) is 2.75. The molecular weight excluding hydrogens is 292 g/mol. The number of hydrogen-bond donors (Lipinski definition) is 1. The molecule has 1 aliphatic rings. The van der Waals surface area contributed by atoms with E-state index in [9.17, 15) is 14.7 Å². The van der Waals surface area contributed by atoms with E-state index in [1.165, 1.54) is 21.9 Å². The van der Waals surface area contributed by atoms with Crippen molar-refractivity contribution in [3.05, 3.63) is 27.6 Å². The second-order valence-electron chi connectivity index (χ2n) is 5.48. The van der Waals surface area contributed by atoms with Crippen LogP contribution in [0.25, 0.3) is 4.96 Å². The number of carbonyl (C=O) groups is 1. The van der Waals surface area contributed by atoms with Crippen molar-refractivity contribution in [2.45, 2.75) is 38.3 Å². The molecule has 0 spiro atoms. The molecule has 0 radical (unpaired) electrons. The summed E-state index contributed by atoms with van der Waals surface area (Å²) >= 11 is 1.29. The number of rotatable bonds is 3. The summed E-state index contributed by atoms with van der Waals surface area (Å²) < 4.78 is 1.25. The maximum Gasteiger partial charge on any atom is 0.323 e. The minimum absolute atomic E-state index is 0.231. The van der Waals surface area contributed by atoms with Crippen molar-refractivity contribution in [2.75, 3.05) is 6.54 Å². The number of carboxylic acid groups (broad SMARTS) is 1. The lowest BCUT2D eigenvalue weighted by Gasteiger charge is -2.41. The van der Waals surface area contributed by atoms with Crippen molar-refractivity contribution in [3.8, 4) is 0 Å². The molecule has 1 unspecified atom stereocenters. The summed E-state index contributed by atoms with van der Waals surface area (Å²) in [5, 5.41) is 13.4. The molecule has 1 atom stereocenters. The predicted octanol–water partition coefficient (Wildman–Crippen LogP) is 0.980. The molecule has 1 fully saturated rings. The molecule has 21 heavy (non-hydrogen) atoms. The van der Waals surface area contributed by atoms with Crippen LogP contribution in [0.1, 0.15) is 31.9 Å². The van der Waals surface area contributed by atoms with Crippen molar-refractivity contribution in [1.29, 1.82) is 0 Å². The van der Waals surface area contributed by atoms with E-state index in [1.54, 1.807) is 12.4 Å². The van der Waals surface area contributed by atoms with Crippen LogP contribution in [0, 0.1) is 0 Å². The van der Waals surface area contributed by atoms with Crippen LogP contribution in [0.4, 0.5) is 0 Å². The van der Waals surface area contributed by atoms with E-state index in [0.717, 1.165) is 12.8 Å². The minimum atomic E-state index is -0.890. The highest BCUT2D eigenvalue weighted by molar-refractivity contribution is 7.14. The van der Waals surface area contributed by atoms with E-state index < -0.39 is 11.5 Å². The Morgan fingerprint density at radius 1 is 1.52 bits per heavy atom. The molecule has 2 aromatic rings. The van der Waals surface area contributed by atoms with Gasteiger partial charge >= 0.3 is 5.97 Å². The molecule has 7 nitrogen and oxygen atoms in total. The molecule has 0 bridgehead atoms. The highest BCUT2D eigenvalue weighted by Crippen LogP contribution is 2.29. The molecule has 1 N–H and O–H groups in total. The maximum atomic E-state index is 11.9. The van der Waals surface area contributed by atoms with E-state index in [2.05, 4.69) is 10.1 Å². The normalized spacial score (nSPS) is 23.5. The Labute approximate surface area is 124 Å². The first-order valence-electron chi connectivity index (χ1n) is 6.81. The molecule has 3 heterocycles. The van der Waals surface area contributed by atoms with Crippen molar-refractivity contribution >= 4 is 22.3 Å². The first kappa shape index (κ1) is 14.2. The third-order valence-electron chi connectivity index (χ3n) is 4.09. The van der Waals surface area contributed by atoms with Crippen LogP contribution < -0.4 is 5.56 Å². The Morgan fingerprint density at radius 2 is 2.33 bits per heavy atom. The van der Waals surface area contributed by atoms with Crippen LogP contribution in [0.2, 0.25) is 0 Å². The molecule has 0 amide bonds. The van der Waals surface area contributed by atoms with Gasteiger partial charge in [-0.1, -0.05) is 11.3 Å². The largest absolute Gasteiger partial charge is 0.480 e. The van der Waals surface area contributed by atoms with Gasteiger partial charge in [-0.25, -0.2) is 4.98 Å². The average Bonchev–Trinajstić information content (AvgIpc) is 2.90. The van der Waals surface area contributed by atoms with Gasteiger partial charge in [0.05, 0.1) is 5.69 Å². The fourth-order valence-corrected chi connectivity index (χ4v) is 3.39.